The van der Waals surface area contributed by atoms with E-state index in [0.717, 1.165) is 12.1 Å². The number of halogens is 3. The van der Waals surface area contributed by atoms with Crippen LogP contribution >= 0.6 is 0 Å². The summed E-state index contributed by atoms with van der Waals surface area (Å²) in [6.45, 7) is 3.43. The second-order valence-corrected chi connectivity index (χ2v) is 5.80. The van der Waals surface area contributed by atoms with Crippen LogP contribution in [0.1, 0.15) is 32.3 Å². The topological polar surface area (TPSA) is 111 Å². The highest BCUT2D eigenvalue weighted by molar-refractivity contribution is 5.77. The lowest BCUT2D eigenvalue weighted by molar-refractivity contribution is -0.384. The van der Waals surface area contributed by atoms with Gasteiger partial charge in [-0.15, -0.1) is 0 Å². The van der Waals surface area contributed by atoms with Gasteiger partial charge in [-0.2, -0.15) is 13.2 Å². The summed E-state index contributed by atoms with van der Waals surface area (Å²) in [4.78, 5) is 33.0. The second-order valence-electron chi connectivity index (χ2n) is 5.80. The Morgan fingerprint density at radius 1 is 1.22 bits per heavy atom. The SMILES string of the molecule is CC(C)OC(=O)CCNC(=O)CCNc1ccc(C(F)(F)F)cc1[N+](=O)[O-]. The third-order valence-electron chi connectivity index (χ3n) is 3.21. The van der Waals surface area contributed by atoms with Crippen molar-refractivity contribution in [3.05, 3.63) is 33.9 Å². The Labute approximate surface area is 153 Å². The number of hydrogen-bond acceptors (Lipinski definition) is 6. The van der Waals surface area contributed by atoms with Crippen LogP contribution in [-0.4, -0.2) is 36.0 Å². The van der Waals surface area contributed by atoms with Crippen LogP contribution in [-0.2, 0) is 20.5 Å². The Kier molecular flexibility index (Phi) is 8.00. The quantitative estimate of drug-likeness (QED) is 0.380. The minimum Gasteiger partial charge on any atom is -0.463 e. The van der Waals surface area contributed by atoms with Crippen LogP contribution in [0.15, 0.2) is 18.2 Å². The molecule has 0 radical (unpaired) electrons. The maximum absolute atomic E-state index is 12.6. The molecule has 1 aromatic carbocycles. The summed E-state index contributed by atoms with van der Waals surface area (Å²) in [6.07, 6.45) is -5.03. The predicted molar refractivity (Wildman–Crippen MR) is 90.1 cm³/mol. The number of anilines is 1. The summed E-state index contributed by atoms with van der Waals surface area (Å²) in [5.74, 6) is -0.877. The number of carbonyl (C=O) groups excluding carboxylic acids is 2. The summed E-state index contributed by atoms with van der Waals surface area (Å²) in [6, 6.07) is 2.10. The summed E-state index contributed by atoms with van der Waals surface area (Å²) in [5, 5.41) is 16.0. The van der Waals surface area contributed by atoms with E-state index in [1.807, 2.05) is 0 Å². The number of ether oxygens (including phenoxy) is 1. The van der Waals surface area contributed by atoms with Crippen molar-refractivity contribution in [3.63, 3.8) is 0 Å². The number of nitro benzene ring substituents is 1. The molecular weight excluding hydrogens is 371 g/mol. The molecule has 0 aliphatic rings. The fourth-order valence-corrected chi connectivity index (χ4v) is 2.03. The van der Waals surface area contributed by atoms with E-state index in [4.69, 9.17) is 4.74 Å². The van der Waals surface area contributed by atoms with E-state index < -0.39 is 34.2 Å². The van der Waals surface area contributed by atoms with Crippen LogP contribution in [0.4, 0.5) is 24.5 Å². The van der Waals surface area contributed by atoms with Crippen LogP contribution in [0.3, 0.4) is 0 Å². The molecule has 0 saturated heterocycles. The first-order chi connectivity index (χ1) is 12.5. The highest BCUT2D eigenvalue weighted by atomic mass is 19.4. The number of nitro groups is 1. The number of alkyl halides is 3. The first kappa shape index (κ1) is 22.2. The molecule has 0 unspecified atom stereocenters. The van der Waals surface area contributed by atoms with Crippen molar-refractivity contribution in [2.75, 3.05) is 18.4 Å². The first-order valence-electron chi connectivity index (χ1n) is 8.06. The average Bonchev–Trinajstić information content (AvgIpc) is 2.53. The molecule has 0 aliphatic heterocycles. The largest absolute Gasteiger partial charge is 0.463 e. The van der Waals surface area contributed by atoms with Crippen LogP contribution in [0.5, 0.6) is 0 Å². The zero-order valence-corrected chi connectivity index (χ0v) is 14.8. The van der Waals surface area contributed by atoms with E-state index >= 15 is 0 Å². The van der Waals surface area contributed by atoms with E-state index in [2.05, 4.69) is 10.6 Å². The first-order valence-corrected chi connectivity index (χ1v) is 8.06. The summed E-state index contributed by atoms with van der Waals surface area (Å²) in [7, 11) is 0. The lowest BCUT2D eigenvalue weighted by Crippen LogP contribution is -2.28. The van der Waals surface area contributed by atoms with Gasteiger partial charge >= 0.3 is 12.1 Å². The van der Waals surface area contributed by atoms with Crippen LogP contribution in [0.2, 0.25) is 0 Å². The molecule has 11 heteroatoms. The molecule has 27 heavy (non-hydrogen) atoms. The van der Waals surface area contributed by atoms with Crippen LogP contribution in [0, 0.1) is 10.1 Å². The normalized spacial score (nSPS) is 11.2. The number of amides is 1. The Bertz CT molecular complexity index is 692. The molecule has 2 N–H and O–H groups in total. The molecule has 0 saturated carbocycles. The smallest absolute Gasteiger partial charge is 0.416 e. The van der Waals surface area contributed by atoms with Gasteiger partial charge < -0.3 is 15.4 Å². The van der Waals surface area contributed by atoms with Gasteiger partial charge in [0.2, 0.25) is 5.91 Å². The van der Waals surface area contributed by atoms with Crippen LogP contribution in [0.25, 0.3) is 0 Å². The van der Waals surface area contributed by atoms with Crippen molar-refractivity contribution in [1.29, 1.82) is 0 Å². The van der Waals surface area contributed by atoms with E-state index in [9.17, 15) is 32.9 Å². The van der Waals surface area contributed by atoms with E-state index in [-0.39, 0.29) is 37.7 Å². The lowest BCUT2D eigenvalue weighted by atomic mass is 10.1. The molecule has 0 aliphatic carbocycles. The molecular formula is C16H20F3N3O5. The molecule has 1 amide bonds. The molecule has 0 fully saturated rings. The van der Waals surface area contributed by atoms with Crippen molar-refractivity contribution < 1.29 is 32.4 Å². The molecule has 8 nitrogen and oxygen atoms in total. The molecule has 0 heterocycles. The standard InChI is InChI=1S/C16H20F3N3O5/c1-10(2)27-15(24)6-8-21-14(23)5-7-20-12-4-3-11(16(17,18)19)9-13(12)22(25)26/h3-4,9-10,20H,5-8H2,1-2H3,(H,21,23). The van der Waals surface area contributed by atoms with Crippen LogP contribution < -0.4 is 10.6 Å². The van der Waals surface area contributed by atoms with Crippen molar-refractivity contribution in [3.8, 4) is 0 Å². The number of carbonyl (C=O) groups is 2. The number of nitrogens with one attached hydrogen (secondary N) is 2. The van der Waals surface area contributed by atoms with Crippen molar-refractivity contribution in [1.82, 2.24) is 5.32 Å². The van der Waals surface area contributed by atoms with Gasteiger partial charge in [-0.1, -0.05) is 0 Å². The minimum atomic E-state index is -4.69. The molecule has 1 aromatic rings. The average molecular weight is 391 g/mol. The second kappa shape index (κ2) is 9.74. The van der Waals surface area contributed by atoms with Gasteiger partial charge in [0.15, 0.2) is 0 Å². The predicted octanol–water partition coefficient (Wildman–Crippen LogP) is 2.87. The molecule has 150 valence electrons. The van der Waals surface area contributed by atoms with Gasteiger partial charge in [0.25, 0.3) is 5.69 Å². The Hall–Kier alpha value is -2.85. The zero-order chi connectivity index (χ0) is 20.6. The summed E-state index contributed by atoms with van der Waals surface area (Å²) < 4.78 is 42.8. The third-order valence-corrected chi connectivity index (χ3v) is 3.21. The number of esters is 1. The van der Waals surface area contributed by atoms with Gasteiger partial charge in [-0.05, 0) is 26.0 Å². The van der Waals surface area contributed by atoms with E-state index in [1.54, 1.807) is 13.8 Å². The zero-order valence-electron chi connectivity index (χ0n) is 14.8. The highest BCUT2D eigenvalue weighted by Gasteiger charge is 2.33. The molecule has 0 bridgehead atoms. The van der Waals surface area contributed by atoms with Gasteiger partial charge in [-0.3, -0.25) is 19.7 Å². The molecule has 1 rings (SSSR count). The lowest BCUT2D eigenvalue weighted by Gasteiger charge is -2.11. The van der Waals surface area contributed by atoms with Gasteiger partial charge in [0.05, 0.1) is 23.0 Å². The monoisotopic (exact) mass is 391 g/mol. The Balaban J connectivity index is 2.50. The third kappa shape index (κ3) is 7.92. The van der Waals surface area contributed by atoms with Crippen molar-refractivity contribution in [2.24, 2.45) is 0 Å². The number of rotatable bonds is 9. The summed E-state index contributed by atoms with van der Waals surface area (Å²) >= 11 is 0. The van der Waals surface area contributed by atoms with Crippen molar-refractivity contribution >= 4 is 23.3 Å². The number of hydrogen-bond donors (Lipinski definition) is 2. The Morgan fingerprint density at radius 2 is 1.89 bits per heavy atom. The van der Waals surface area contributed by atoms with E-state index in [1.165, 1.54) is 0 Å². The maximum Gasteiger partial charge on any atom is 0.416 e. The van der Waals surface area contributed by atoms with E-state index in [0.29, 0.717) is 6.07 Å². The van der Waals surface area contributed by atoms with Gasteiger partial charge in [0.1, 0.15) is 5.69 Å². The van der Waals surface area contributed by atoms with Gasteiger partial charge in [-0.25, -0.2) is 0 Å². The fourth-order valence-electron chi connectivity index (χ4n) is 2.03. The molecule has 0 spiro atoms. The van der Waals surface area contributed by atoms with Gasteiger partial charge in [0, 0.05) is 25.6 Å². The fraction of sp³-hybridized carbons (Fsp3) is 0.500. The van der Waals surface area contributed by atoms with Crippen molar-refractivity contribution in [2.45, 2.75) is 39.0 Å². The minimum absolute atomic E-state index is 0.00171. The Morgan fingerprint density at radius 3 is 2.44 bits per heavy atom. The summed E-state index contributed by atoms with van der Waals surface area (Å²) in [5.41, 5.74) is -1.99. The molecule has 0 aromatic heterocycles. The number of nitrogens with zero attached hydrogens (tertiary/aromatic N) is 1. The number of benzene rings is 1. The maximum atomic E-state index is 12.6. The highest BCUT2D eigenvalue weighted by Crippen LogP contribution is 2.34. The molecule has 0 atom stereocenters.